The summed E-state index contributed by atoms with van der Waals surface area (Å²) in [6.45, 7) is 0.190. The molecule has 0 fully saturated rings. The summed E-state index contributed by atoms with van der Waals surface area (Å²) < 4.78 is 5.21. The van der Waals surface area contributed by atoms with Crippen LogP contribution in [0.2, 0.25) is 0 Å². The summed E-state index contributed by atoms with van der Waals surface area (Å²) in [7, 11) is 1.67. The maximum absolute atomic E-state index is 12.6. The Bertz CT molecular complexity index is 1030. The number of amides is 1. The highest BCUT2D eigenvalue weighted by Crippen LogP contribution is 2.15. The Morgan fingerprint density at radius 1 is 1.20 bits per heavy atom. The molecule has 25 heavy (non-hydrogen) atoms. The second-order valence-electron chi connectivity index (χ2n) is 5.42. The van der Waals surface area contributed by atoms with Gasteiger partial charge in [0.15, 0.2) is 0 Å². The molecule has 0 aliphatic rings. The van der Waals surface area contributed by atoms with E-state index in [1.807, 2.05) is 12.1 Å². The monoisotopic (exact) mass is 335 g/mol. The molecule has 4 aromatic rings. The van der Waals surface area contributed by atoms with Gasteiger partial charge in [-0.2, -0.15) is 20.4 Å². The van der Waals surface area contributed by atoms with E-state index in [1.165, 1.54) is 4.90 Å². The fourth-order valence-corrected chi connectivity index (χ4v) is 2.39. The van der Waals surface area contributed by atoms with Crippen LogP contribution >= 0.6 is 0 Å². The largest absolute Gasteiger partial charge is 0.337 e. The molecule has 3 heterocycles. The van der Waals surface area contributed by atoms with Gasteiger partial charge in [-0.15, -0.1) is 0 Å². The molecular weight excluding hydrogens is 322 g/mol. The molecular formula is C16H13N7O2. The number of hydrogen-bond donors (Lipinski definition) is 1. The van der Waals surface area contributed by atoms with Gasteiger partial charge < -0.3 is 9.42 Å². The summed E-state index contributed by atoms with van der Waals surface area (Å²) in [6, 6.07) is 10.6. The number of pyridine rings is 1. The lowest BCUT2D eigenvalue weighted by Gasteiger charge is -2.14. The highest BCUT2D eigenvalue weighted by atomic mass is 16.5. The standard InChI is InChI=1S/C16H13N7O2/c1-23(16(24)10-5-6-11-13(8-10)20-22-19-11)9-14-18-15(21-25-14)12-4-2-3-7-17-12/h2-8H,9H2,1H3,(H,19,20,22). The Kier molecular flexibility index (Phi) is 3.65. The topological polar surface area (TPSA) is 114 Å². The van der Waals surface area contributed by atoms with Crippen LogP contribution in [0.4, 0.5) is 0 Å². The zero-order valence-corrected chi connectivity index (χ0v) is 13.2. The molecule has 3 aromatic heterocycles. The van der Waals surface area contributed by atoms with Gasteiger partial charge in [0, 0.05) is 18.8 Å². The lowest BCUT2D eigenvalue weighted by atomic mass is 10.2. The molecule has 124 valence electrons. The van der Waals surface area contributed by atoms with Crippen molar-refractivity contribution in [1.29, 1.82) is 0 Å². The smallest absolute Gasteiger partial charge is 0.254 e. The van der Waals surface area contributed by atoms with Gasteiger partial charge in [-0.05, 0) is 30.3 Å². The third-order valence-electron chi connectivity index (χ3n) is 3.64. The Morgan fingerprint density at radius 3 is 2.92 bits per heavy atom. The summed E-state index contributed by atoms with van der Waals surface area (Å²) in [6.07, 6.45) is 1.65. The highest BCUT2D eigenvalue weighted by Gasteiger charge is 2.17. The summed E-state index contributed by atoms with van der Waals surface area (Å²) in [5.74, 6) is 0.543. The fourth-order valence-electron chi connectivity index (χ4n) is 2.39. The summed E-state index contributed by atoms with van der Waals surface area (Å²) in [5, 5.41) is 14.4. The summed E-state index contributed by atoms with van der Waals surface area (Å²) in [4.78, 5) is 22.5. The van der Waals surface area contributed by atoms with Gasteiger partial charge in [0.2, 0.25) is 11.7 Å². The minimum atomic E-state index is -0.178. The van der Waals surface area contributed by atoms with Crippen molar-refractivity contribution >= 4 is 16.9 Å². The van der Waals surface area contributed by atoms with Crippen LogP contribution in [-0.4, -0.2) is 48.4 Å². The molecule has 0 aliphatic carbocycles. The molecule has 0 saturated carbocycles. The molecule has 0 atom stereocenters. The van der Waals surface area contributed by atoms with E-state index in [4.69, 9.17) is 4.52 Å². The van der Waals surface area contributed by atoms with Gasteiger partial charge in [0.1, 0.15) is 16.7 Å². The number of carbonyl (C=O) groups is 1. The third-order valence-corrected chi connectivity index (χ3v) is 3.64. The Labute approximate surface area is 141 Å². The first-order chi connectivity index (χ1) is 12.2. The lowest BCUT2D eigenvalue weighted by Crippen LogP contribution is -2.26. The highest BCUT2D eigenvalue weighted by molar-refractivity contribution is 5.97. The second kappa shape index (κ2) is 6.11. The van der Waals surface area contributed by atoms with Crippen LogP contribution in [0.5, 0.6) is 0 Å². The van der Waals surface area contributed by atoms with Crippen LogP contribution in [0.3, 0.4) is 0 Å². The van der Waals surface area contributed by atoms with Crippen LogP contribution in [0.25, 0.3) is 22.6 Å². The molecule has 0 unspecified atom stereocenters. The van der Waals surface area contributed by atoms with E-state index in [-0.39, 0.29) is 12.5 Å². The van der Waals surface area contributed by atoms with Crippen molar-refractivity contribution in [3.8, 4) is 11.5 Å². The number of aromatic nitrogens is 6. The average Bonchev–Trinajstić information content (AvgIpc) is 3.30. The molecule has 0 bridgehead atoms. The molecule has 1 N–H and O–H groups in total. The number of nitrogens with zero attached hydrogens (tertiary/aromatic N) is 6. The molecule has 0 spiro atoms. The summed E-state index contributed by atoms with van der Waals surface area (Å²) >= 11 is 0. The van der Waals surface area contributed by atoms with Crippen LogP contribution in [-0.2, 0) is 6.54 Å². The fraction of sp³-hybridized carbons (Fsp3) is 0.125. The predicted molar refractivity (Wildman–Crippen MR) is 87.2 cm³/mol. The van der Waals surface area contributed by atoms with E-state index in [0.717, 1.165) is 0 Å². The molecule has 0 aliphatic heterocycles. The van der Waals surface area contributed by atoms with Crippen LogP contribution in [0.15, 0.2) is 47.1 Å². The number of carbonyl (C=O) groups excluding carboxylic acids is 1. The quantitative estimate of drug-likeness (QED) is 0.603. The van der Waals surface area contributed by atoms with Crippen molar-refractivity contribution in [2.75, 3.05) is 7.05 Å². The first kappa shape index (κ1) is 14.9. The first-order valence-corrected chi connectivity index (χ1v) is 7.51. The van der Waals surface area contributed by atoms with E-state index < -0.39 is 0 Å². The molecule has 4 rings (SSSR count). The van der Waals surface area contributed by atoms with Crippen molar-refractivity contribution in [1.82, 2.24) is 35.4 Å². The Balaban J connectivity index is 1.50. The van der Waals surface area contributed by atoms with Gasteiger partial charge in [-0.3, -0.25) is 9.78 Å². The van der Waals surface area contributed by atoms with E-state index in [1.54, 1.807) is 37.5 Å². The zero-order valence-electron chi connectivity index (χ0n) is 13.2. The lowest BCUT2D eigenvalue weighted by molar-refractivity contribution is 0.0769. The normalized spacial score (nSPS) is 10.9. The van der Waals surface area contributed by atoms with Crippen molar-refractivity contribution in [3.05, 3.63) is 54.0 Å². The predicted octanol–water partition coefficient (Wildman–Crippen LogP) is 1.68. The number of aromatic amines is 1. The van der Waals surface area contributed by atoms with Gasteiger partial charge in [0.25, 0.3) is 5.91 Å². The number of rotatable bonds is 4. The van der Waals surface area contributed by atoms with Gasteiger partial charge in [-0.25, -0.2) is 0 Å². The zero-order chi connectivity index (χ0) is 17.2. The van der Waals surface area contributed by atoms with Gasteiger partial charge in [0.05, 0.1) is 6.54 Å². The Morgan fingerprint density at radius 2 is 2.08 bits per heavy atom. The molecule has 0 saturated heterocycles. The van der Waals surface area contributed by atoms with E-state index in [2.05, 4.69) is 30.5 Å². The van der Waals surface area contributed by atoms with E-state index in [9.17, 15) is 4.79 Å². The minimum Gasteiger partial charge on any atom is -0.337 e. The van der Waals surface area contributed by atoms with E-state index >= 15 is 0 Å². The van der Waals surface area contributed by atoms with Crippen LogP contribution in [0.1, 0.15) is 16.2 Å². The average molecular weight is 335 g/mol. The van der Waals surface area contributed by atoms with Crippen LogP contribution < -0.4 is 0 Å². The number of benzene rings is 1. The SMILES string of the molecule is CN(Cc1nc(-c2ccccn2)no1)C(=O)c1ccc2n[nH]nc2c1. The number of hydrogen-bond acceptors (Lipinski definition) is 7. The van der Waals surface area contributed by atoms with Crippen molar-refractivity contribution in [3.63, 3.8) is 0 Å². The maximum atomic E-state index is 12.6. The molecule has 1 amide bonds. The molecule has 1 aromatic carbocycles. The van der Waals surface area contributed by atoms with Crippen LogP contribution in [0, 0.1) is 0 Å². The first-order valence-electron chi connectivity index (χ1n) is 7.51. The number of fused-ring (bicyclic) bond motifs is 1. The third kappa shape index (κ3) is 2.94. The molecule has 0 radical (unpaired) electrons. The number of nitrogens with one attached hydrogen (secondary N) is 1. The summed E-state index contributed by atoms with van der Waals surface area (Å²) in [5.41, 5.74) is 2.46. The van der Waals surface area contributed by atoms with Crippen molar-refractivity contribution in [2.45, 2.75) is 6.54 Å². The molecule has 9 nitrogen and oxygen atoms in total. The van der Waals surface area contributed by atoms with Gasteiger partial charge in [-0.1, -0.05) is 11.2 Å². The Hall–Kier alpha value is -3.62. The molecule has 9 heteroatoms. The maximum Gasteiger partial charge on any atom is 0.254 e. The minimum absolute atomic E-state index is 0.178. The second-order valence-corrected chi connectivity index (χ2v) is 5.42. The van der Waals surface area contributed by atoms with Crippen molar-refractivity contribution in [2.24, 2.45) is 0 Å². The van der Waals surface area contributed by atoms with Crippen molar-refractivity contribution < 1.29 is 9.32 Å². The number of H-pyrrole nitrogens is 1. The van der Waals surface area contributed by atoms with Gasteiger partial charge >= 0.3 is 0 Å². The van der Waals surface area contributed by atoms with E-state index in [0.29, 0.717) is 34.0 Å².